The quantitative estimate of drug-likeness (QED) is 0.532. The molecule has 2 amide bonds. The number of hydrogen-bond acceptors (Lipinski definition) is 5. The summed E-state index contributed by atoms with van der Waals surface area (Å²) in [4.78, 5) is 34.8. The molecule has 7 heteroatoms. The standard InChI is InChI=1S/C9H15N3O4/c1-12(5-8(14)16-2)9(15)6-3-11-7(13)4-10-6/h6,10H,3-5H2,1-2H3,(H,11,13). The van der Waals surface area contributed by atoms with Crippen molar-refractivity contribution in [3.63, 3.8) is 0 Å². The molecule has 0 aliphatic carbocycles. The Morgan fingerprint density at radius 1 is 1.56 bits per heavy atom. The van der Waals surface area contributed by atoms with Crippen molar-refractivity contribution in [2.75, 3.05) is 33.8 Å². The van der Waals surface area contributed by atoms with Gasteiger partial charge in [-0.15, -0.1) is 0 Å². The number of hydrogen-bond donors (Lipinski definition) is 2. The first kappa shape index (κ1) is 12.4. The molecule has 0 radical (unpaired) electrons. The molecule has 1 rings (SSSR count). The van der Waals surface area contributed by atoms with Gasteiger partial charge >= 0.3 is 5.97 Å². The van der Waals surface area contributed by atoms with E-state index in [0.717, 1.165) is 0 Å². The normalized spacial score (nSPS) is 19.9. The third kappa shape index (κ3) is 3.20. The fourth-order valence-electron chi connectivity index (χ4n) is 1.34. The molecular weight excluding hydrogens is 214 g/mol. The SMILES string of the molecule is COC(=O)CN(C)C(=O)C1CNC(=O)CN1. The predicted octanol–water partition coefficient (Wildman–Crippen LogP) is -2.29. The Morgan fingerprint density at radius 3 is 2.75 bits per heavy atom. The summed E-state index contributed by atoms with van der Waals surface area (Å²) < 4.78 is 4.45. The van der Waals surface area contributed by atoms with Gasteiger partial charge < -0.3 is 15.0 Å². The number of carbonyl (C=O) groups excluding carboxylic acids is 3. The molecule has 1 aliphatic heterocycles. The van der Waals surface area contributed by atoms with Crippen LogP contribution in [-0.4, -0.2) is 62.5 Å². The first-order valence-electron chi connectivity index (χ1n) is 4.86. The van der Waals surface area contributed by atoms with E-state index in [-0.39, 0.29) is 31.4 Å². The second kappa shape index (κ2) is 5.45. The van der Waals surface area contributed by atoms with Gasteiger partial charge in [0.05, 0.1) is 13.7 Å². The third-order valence-corrected chi connectivity index (χ3v) is 2.28. The van der Waals surface area contributed by atoms with E-state index in [1.54, 1.807) is 0 Å². The van der Waals surface area contributed by atoms with Crippen LogP contribution in [0, 0.1) is 0 Å². The van der Waals surface area contributed by atoms with E-state index in [9.17, 15) is 14.4 Å². The number of amides is 2. The summed E-state index contributed by atoms with van der Waals surface area (Å²) in [6.45, 7) is 0.257. The van der Waals surface area contributed by atoms with Gasteiger partial charge in [0.1, 0.15) is 12.6 Å². The Hall–Kier alpha value is -1.63. The lowest BCUT2D eigenvalue weighted by molar-refractivity contribution is -0.147. The molecular formula is C9H15N3O4. The first-order chi connectivity index (χ1) is 7.54. The molecule has 1 saturated heterocycles. The average Bonchev–Trinajstić information content (AvgIpc) is 2.28. The van der Waals surface area contributed by atoms with Crippen molar-refractivity contribution in [2.45, 2.75) is 6.04 Å². The maximum Gasteiger partial charge on any atom is 0.325 e. The number of nitrogens with zero attached hydrogens (tertiary/aromatic N) is 1. The van der Waals surface area contributed by atoms with Gasteiger partial charge in [0.15, 0.2) is 0 Å². The minimum Gasteiger partial charge on any atom is -0.468 e. The van der Waals surface area contributed by atoms with Gasteiger partial charge in [-0.1, -0.05) is 0 Å². The van der Waals surface area contributed by atoms with E-state index in [0.29, 0.717) is 0 Å². The summed E-state index contributed by atoms with van der Waals surface area (Å²) in [6.07, 6.45) is 0. The number of esters is 1. The predicted molar refractivity (Wildman–Crippen MR) is 54.5 cm³/mol. The lowest BCUT2D eigenvalue weighted by Gasteiger charge is -2.27. The Labute approximate surface area is 93.1 Å². The molecule has 1 aliphatic rings. The van der Waals surface area contributed by atoms with E-state index >= 15 is 0 Å². The lowest BCUT2D eigenvalue weighted by Crippen LogP contribution is -2.58. The Bertz CT molecular complexity index is 295. The van der Waals surface area contributed by atoms with Gasteiger partial charge in [0, 0.05) is 13.6 Å². The zero-order chi connectivity index (χ0) is 12.1. The van der Waals surface area contributed by atoms with Crippen LogP contribution in [0.4, 0.5) is 0 Å². The maximum atomic E-state index is 11.8. The van der Waals surface area contributed by atoms with E-state index in [2.05, 4.69) is 15.4 Å². The summed E-state index contributed by atoms with van der Waals surface area (Å²) in [5, 5.41) is 5.36. The highest BCUT2D eigenvalue weighted by Gasteiger charge is 2.27. The number of rotatable bonds is 3. The minimum atomic E-state index is -0.479. The number of piperazine rings is 1. The van der Waals surface area contributed by atoms with Crippen molar-refractivity contribution in [1.82, 2.24) is 15.5 Å². The Kier molecular flexibility index (Phi) is 4.24. The van der Waals surface area contributed by atoms with Gasteiger partial charge in [-0.05, 0) is 0 Å². The zero-order valence-corrected chi connectivity index (χ0v) is 9.28. The summed E-state index contributed by atoms with van der Waals surface area (Å²) >= 11 is 0. The molecule has 0 aromatic heterocycles. The van der Waals surface area contributed by atoms with E-state index < -0.39 is 12.0 Å². The second-order valence-corrected chi connectivity index (χ2v) is 3.51. The number of carbonyl (C=O) groups is 3. The highest BCUT2D eigenvalue weighted by Crippen LogP contribution is 1.95. The fourth-order valence-corrected chi connectivity index (χ4v) is 1.34. The maximum absolute atomic E-state index is 11.8. The van der Waals surface area contributed by atoms with Crippen LogP contribution in [-0.2, 0) is 19.1 Å². The zero-order valence-electron chi connectivity index (χ0n) is 9.28. The molecule has 1 heterocycles. The van der Waals surface area contributed by atoms with Gasteiger partial charge in [0.2, 0.25) is 11.8 Å². The van der Waals surface area contributed by atoms with E-state index in [4.69, 9.17) is 0 Å². The molecule has 0 aromatic carbocycles. The van der Waals surface area contributed by atoms with Crippen molar-refractivity contribution in [3.05, 3.63) is 0 Å². The first-order valence-corrected chi connectivity index (χ1v) is 4.86. The smallest absolute Gasteiger partial charge is 0.325 e. The van der Waals surface area contributed by atoms with Crippen molar-refractivity contribution in [1.29, 1.82) is 0 Å². The van der Waals surface area contributed by atoms with Crippen molar-refractivity contribution in [2.24, 2.45) is 0 Å². The monoisotopic (exact) mass is 229 g/mol. The topological polar surface area (TPSA) is 87.7 Å². The largest absolute Gasteiger partial charge is 0.468 e. The third-order valence-electron chi connectivity index (χ3n) is 2.28. The average molecular weight is 229 g/mol. The van der Waals surface area contributed by atoms with Crippen LogP contribution < -0.4 is 10.6 Å². The van der Waals surface area contributed by atoms with Crippen LogP contribution in [0.25, 0.3) is 0 Å². The van der Waals surface area contributed by atoms with Crippen LogP contribution in [0.15, 0.2) is 0 Å². The summed E-state index contributed by atoms with van der Waals surface area (Å²) in [7, 11) is 2.77. The highest BCUT2D eigenvalue weighted by atomic mass is 16.5. The molecule has 7 nitrogen and oxygen atoms in total. The van der Waals surface area contributed by atoms with E-state index in [1.165, 1.54) is 19.1 Å². The number of methoxy groups -OCH3 is 1. The molecule has 1 unspecified atom stereocenters. The Morgan fingerprint density at radius 2 is 2.25 bits per heavy atom. The molecule has 2 N–H and O–H groups in total. The summed E-state index contributed by atoms with van der Waals surface area (Å²) in [5.74, 6) is -0.860. The van der Waals surface area contributed by atoms with Crippen LogP contribution in [0.2, 0.25) is 0 Å². The van der Waals surface area contributed by atoms with Gasteiger partial charge in [-0.3, -0.25) is 19.7 Å². The molecule has 1 fully saturated rings. The molecule has 0 bridgehead atoms. The van der Waals surface area contributed by atoms with Crippen LogP contribution in [0.5, 0.6) is 0 Å². The molecule has 1 atom stereocenters. The minimum absolute atomic E-state index is 0.0958. The summed E-state index contributed by atoms with van der Waals surface area (Å²) in [6, 6.07) is -0.479. The van der Waals surface area contributed by atoms with E-state index in [1.807, 2.05) is 0 Å². The number of ether oxygens (including phenoxy) is 1. The second-order valence-electron chi connectivity index (χ2n) is 3.51. The van der Waals surface area contributed by atoms with Crippen molar-refractivity contribution >= 4 is 17.8 Å². The van der Waals surface area contributed by atoms with Crippen molar-refractivity contribution < 1.29 is 19.1 Å². The number of likely N-dealkylation sites (N-methyl/N-ethyl adjacent to an activating group) is 1. The molecule has 16 heavy (non-hydrogen) atoms. The van der Waals surface area contributed by atoms with Gasteiger partial charge in [0.25, 0.3) is 0 Å². The molecule has 90 valence electrons. The van der Waals surface area contributed by atoms with Gasteiger partial charge in [-0.25, -0.2) is 0 Å². The van der Waals surface area contributed by atoms with Crippen molar-refractivity contribution in [3.8, 4) is 0 Å². The molecule has 0 spiro atoms. The molecule has 0 saturated carbocycles. The fraction of sp³-hybridized carbons (Fsp3) is 0.667. The number of nitrogens with one attached hydrogen (secondary N) is 2. The van der Waals surface area contributed by atoms with Crippen LogP contribution in [0.3, 0.4) is 0 Å². The van der Waals surface area contributed by atoms with Crippen LogP contribution in [0.1, 0.15) is 0 Å². The highest BCUT2D eigenvalue weighted by molar-refractivity contribution is 5.88. The van der Waals surface area contributed by atoms with Crippen LogP contribution >= 0.6 is 0 Å². The van der Waals surface area contributed by atoms with Gasteiger partial charge in [-0.2, -0.15) is 0 Å². The molecule has 0 aromatic rings. The Balaban J connectivity index is 2.44. The summed E-state index contributed by atoms with van der Waals surface area (Å²) in [5.41, 5.74) is 0. The lowest BCUT2D eigenvalue weighted by atomic mass is 10.2.